The molecule has 0 saturated carbocycles. The van der Waals surface area contributed by atoms with Gasteiger partial charge in [-0.15, -0.1) is 0 Å². The van der Waals surface area contributed by atoms with E-state index in [1.807, 2.05) is 0 Å². The lowest BCUT2D eigenvalue weighted by atomic mass is 10.5. The number of nitrogens with zero attached hydrogens (tertiary/aromatic N) is 3. The molecule has 0 radical (unpaired) electrons. The van der Waals surface area contributed by atoms with E-state index in [1.54, 1.807) is 31.1 Å². The van der Waals surface area contributed by atoms with Gasteiger partial charge in [0.15, 0.2) is 0 Å². The summed E-state index contributed by atoms with van der Waals surface area (Å²) in [6.45, 7) is 2.23. The molecule has 0 spiro atoms. The molecule has 0 bridgehead atoms. The number of nitrogens with two attached hydrogens (primary N) is 1. The first-order chi connectivity index (χ1) is 7.13. The highest BCUT2D eigenvalue weighted by atomic mass is 16.5. The van der Waals surface area contributed by atoms with E-state index < -0.39 is 0 Å². The number of hydrogen-bond donors (Lipinski definition) is 1. The van der Waals surface area contributed by atoms with Gasteiger partial charge in [-0.3, -0.25) is 4.79 Å². The van der Waals surface area contributed by atoms with Crippen molar-refractivity contribution in [3.8, 4) is 0 Å². The fourth-order valence-corrected chi connectivity index (χ4v) is 1.02. The fourth-order valence-electron chi connectivity index (χ4n) is 1.02. The number of carbonyl (C=O) groups is 1. The van der Waals surface area contributed by atoms with Crippen LogP contribution in [0, 0.1) is 0 Å². The lowest BCUT2D eigenvalue weighted by Gasteiger charge is -2.15. The first-order valence-corrected chi connectivity index (χ1v) is 4.58. The molecule has 1 rings (SSSR count). The van der Waals surface area contributed by atoms with Crippen LogP contribution >= 0.6 is 0 Å². The Morgan fingerprint density at radius 2 is 2.40 bits per heavy atom. The third-order valence-electron chi connectivity index (χ3n) is 1.68. The van der Waals surface area contributed by atoms with Gasteiger partial charge in [-0.05, 0) is 13.0 Å². The maximum absolute atomic E-state index is 11.2. The Hall–Kier alpha value is -1.85. The highest BCUT2D eigenvalue weighted by Crippen LogP contribution is 2.05. The van der Waals surface area contributed by atoms with Crippen molar-refractivity contribution < 1.29 is 9.53 Å². The van der Waals surface area contributed by atoms with Crippen LogP contribution in [0.3, 0.4) is 0 Å². The molecule has 82 valence electrons. The average Bonchev–Trinajstić information content (AvgIpc) is 2.18. The highest BCUT2D eigenvalue weighted by Gasteiger charge is 2.10. The van der Waals surface area contributed by atoms with Crippen LogP contribution in [0.25, 0.3) is 0 Å². The second-order valence-corrected chi connectivity index (χ2v) is 2.94. The second-order valence-electron chi connectivity index (χ2n) is 2.94. The molecule has 2 N–H and O–H groups in total. The SMILES string of the molecule is CCOC(=O)CN(C)c1nccc(N)n1. The molecule has 1 aromatic heterocycles. The molecule has 1 heterocycles. The van der Waals surface area contributed by atoms with Crippen molar-refractivity contribution in [1.82, 2.24) is 9.97 Å². The van der Waals surface area contributed by atoms with Gasteiger partial charge in [0.2, 0.25) is 5.95 Å². The van der Waals surface area contributed by atoms with Gasteiger partial charge >= 0.3 is 5.97 Å². The largest absolute Gasteiger partial charge is 0.465 e. The second kappa shape index (κ2) is 5.14. The van der Waals surface area contributed by atoms with E-state index in [4.69, 9.17) is 10.5 Å². The number of carbonyl (C=O) groups excluding carboxylic acids is 1. The normalized spacial score (nSPS) is 9.73. The molecule has 6 heteroatoms. The first kappa shape index (κ1) is 11.2. The maximum Gasteiger partial charge on any atom is 0.325 e. The number of anilines is 2. The van der Waals surface area contributed by atoms with Gasteiger partial charge in [0, 0.05) is 13.2 Å². The van der Waals surface area contributed by atoms with Gasteiger partial charge < -0.3 is 15.4 Å². The minimum atomic E-state index is -0.314. The number of likely N-dealkylation sites (N-methyl/N-ethyl adjacent to an activating group) is 1. The number of nitrogen functional groups attached to an aromatic ring is 1. The topological polar surface area (TPSA) is 81.3 Å². The van der Waals surface area contributed by atoms with Gasteiger partial charge in [-0.2, -0.15) is 4.98 Å². The van der Waals surface area contributed by atoms with Crippen molar-refractivity contribution in [2.45, 2.75) is 6.92 Å². The lowest BCUT2D eigenvalue weighted by Crippen LogP contribution is -2.28. The zero-order valence-electron chi connectivity index (χ0n) is 8.80. The predicted octanol–water partition coefficient (Wildman–Crippen LogP) is 0.0581. The van der Waals surface area contributed by atoms with Crippen molar-refractivity contribution >= 4 is 17.7 Å². The molecular weight excluding hydrogens is 196 g/mol. The van der Waals surface area contributed by atoms with Crippen molar-refractivity contribution in [3.05, 3.63) is 12.3 Å². The Kier molecular flexibility index (Phi) is 3.84. The minimum Gasteiger partial charge on any atom is -0.465 e. The summed E-state index contributed by atoms with van der Waals surface area (Å²) < 4.78 is 4.80. The standard InChI is InChI=1S/C9H14N4O2/c1-3-15-8(14)6-13(2)9-11-5-4-7(10)12-9/h4-5H,3,6H2,1-2H3,(H2,10,11,12). The van der Waals surface area contributed by atoms with Crippen molar-refractivity contribution in [2.75, 3.05) is 30.8 Å². The predicted molar refractivity (Wildman–Crippen MR) is 56.3 cm³/mol. The van der Waals surface area contributed by atoms with E-state index in [0.29, 0.717) is 18.4 Å². The van der Waals surface area contributed by atoms with Crippen LogP contribution in [0.4, 0.5) is 11.8 Å². The summed E-state index contributed by atoms with van der Waals surface area (Å²) in [7, 11) is 1.70. The van der Waals surface area contributed by atoms with Crippen molar-refractivity contribution in [2.24, 2.45) is 0 Å². The van der Waals surface area contributed by atoms with E-state index in [1.165, 1.54) is 0 Å². The minimum absolute atomic E-state index is 0.108. The Morgan fingerprint density at radius 3 is 3.00 bits per heavy atom. The van der Waals surface area contributed by atoms with Gasteiger partial charge in [0.25, 0.3) is 0 Å². The Bertz CT molecular complexity index is 343. The zero-order chi connectivity index (χ0) is 11.3. The molecule has 0 amide bonds. The Labute approximate surface area is 88.1 Å². The summed E-state index contributed by atoms with van der Waals surface area (Å²) in [5, 5.41) is 0. The van der Waals surface area contributed by atoms with Crippen LogP contribution in [0.15, 0.2) is 12.3 Å². The average molecular weight is 210 g/mol. The van der Waals surface area contributed by atoms with E-state index in [9.17, 15) is 4.79 Å². The zero-order valence-corrected chi connectivity index (χ0v) is 8.80. The molecule has 0 aliphatic rings. The molecule has 15 heavy (non-hydrogen) atoms. The van der Waals surface area contributed by atoms with Gasteiger partial charge in [-0.1, -0.05) is 0 Å². The van der Waals surface area contributed by atoms with Crippen LogP contribution in [0.1, 0.15) is 6.92 Å². The molecule has 0 aliphatic carbocycles. The summed E-state index contributed by atoms with van der Waals surface area (Å²) in [5.74, 6) is 0.463. The van der Waals surface area contributed by atoms with E-state index in [0.717, 1.165) is 0 Å². The number of ether oxygens (including phenoxy) is 1. The van der Waals surface area contributed by atoms with Crippen LogP contribution in [0.2, 0.25) is 0 Å². The maximum atomic E-state index is 11.2. The molecule has 1 aromatic rings. The fraction of sp³-hybridized carbons (Fsp3) is 0.444. The molecule has 0 fully saturated rings. The molecular formula is C9H14N4O2. The van der Waals surface area contributed by atoms with Gasteiger partial charge in [-0.25, -0.2) is 4.98 Å². The van der Waals surface area contributed by atoms with Gasteiger partial charge in [0.05, 0.1) is 6.61 Å². The monoisotopic (exact) mass is 210 g/mol. The van der Waals surface area contributed by atoms with Crippen LogP contribution in [0.5, 0.6) is 0 Å². The first-order valence-electron chi connectivity index (χ1n) is 4.58. The molecule has 0 atom stereocenters. The third-order valence-corrected chi connectivity index (χ3v) is 1.68. The Morgan fingerprint density at radius 1 is 1.67 bits per heavy atom. The van der Waals surface area contributed by atoms with Gasteiger partial charge in [0.1, 0.15) is 12.4 Å². The van der Waals surface area contributed by atoms with Crippen LogP contribution in [-0.2, 0) is 9.53 Å². The molecule has 0 aromatic carbocycles. The third kappa shape index (κ3) is 3.41. The van der Waals surface area contributed by atoms with E-state index >= 15 is 0 Å². The molecule has 0 unspecified atom stereocenters. The number of rotatable bonds is 4. The summed E-state index contributed by atoms with van der Waals surface area (Å²) >= 11 is 0. The summed E-state index contributed by atoms with van der Waals surface area (Å²) in [5.41, 5.74) is 5.49. The summed E-state index contributed by atoms with van der Waals surface area (Å²) in [6.07, 6.45) is 1.54. The van der Waals surface area contributed by atoms with Crippen molar-refractivity contribution in [1.29, 1.82) is 0 Å². The number of hydrogen-bond acceptors (Lipinski definition) is 6. The number of aromatic nitrogens is 2. The number of esters is 1. The van der Waals surface area contributed by atoms with Crippen LogP contribution in [-0.4, -0.2) is 36.1 Å². The highest BCUT2D eigenvalue weighted by molar-refractivity contribution is 5.74. The smallest absolute Gasteiger partial charge is 0.325 e. The lowest BCUT2D eigenvalue weighted by molar-refractivity contribution is -0.141. The Balaban J connectivity index is 2.60. The summed E-state index contributed by atoms with van der Waals surface area (Å²) in [4.78, 5) is 20.7. The molecule has 0 saturated heterocycles. The van der Waals surface area contributed by atoms with E-state index in [-0.39, 0.29) is 12.5 Å². The van der Waals surface area contributed by atoms with E-state index in [2.05, 4.69) is 9.97 Å². The van der Waals surface area contributed by atoms with Crippen molar-refractivity contribution in [3.63, 3.8) is 0 Å². The quantitative estimate of drug-likeness (QED) is 0.707. The summed E-state index contributed by atoms with van der Waals surface area (Å²) in [6, 6.07) is 1.59. The molecule has 6 nitrogen and oxygen atoms in total. The van der Waals surface area contributed by atoms with Crippen LogP contribution < -0.4 is 10.6 Å². The molecule has 0 aliphatic heterocycles.